The Hall–Kier alpha value is -6.04. The summed E-state index contributed by atoms with van der Waals surface area (Å²) in [5.74, 6) is 0.696. The molecule has 4 nitrogen and oxygen atoms in total. The molecule has 1 aliphatic heterocycles. The number of hydrogen-bond acceptors (Lipinski definition) is 2. The van der Waals surface area contributed by atoms with Crippen LogP contribution in [0.1, 0.15) is 0 Å². The summed E-state index contributed by atoms with van der Waals surface area (Å²) in [6, 6.07) is 50.4. The molecule has 230 valence electrons. The second-order valence-corrected chi connectivity index (χ2v) is 18.1. The van der Waals surface area contributed by atoms with Crippen LogP contribution in [0.4, 0.5) is 0 Å². The Labute approximate surface area is 283 Å². The van der Waals surface area contributed by atoms with Crippen LogP contribution in [0, 0.1) is 0 Å². The van der Waals surface area contributed by atoms with Gasteiger partial charge in [0, 0.05) is 38.0 Å². The van der Waals surface area contributed by atoms with Gasteiger partial charge in [0.2, 0.25) is 5.95 Å². The SMILES string of the molecule is C[Si]1(C)c2ccccc2-c2ccc3c(-c4ccccc4)nc(-n4c5ccccc5c5c6ccccc6c6c7ccccc7[nH]c6c54)nc3c21. The van der Waals surface area contributed by atoms with Gasteiger partial charge in [0.1, 0.15) is 8.07 Å². The second-order valence-electron chi connectivity index (χ2n) is 13.8. The van der Waals surface area contributed by atoms with E-state index >= 15 is 0 Å². The Balaban J connectivity index is 1.37. The summed E-state index contributed by atoms with van der Waals surface area (Å²) in [5.41, 5.74) is 10.2. The number of benzene rings is 7. The molecule has 0 spiro atoms. The van der Waals surface area contributed by atoms with Crippen molar-refractivity contribution in [1.29, 1.82) is 0 Å². The minimum absolute atomic E-state index is 0.696. The predicted molar refractivity (Wildman–Crippen MR) is 208 cm³/mol. The molecule has 4 heterocycles. The topological polar surface area (TPSA) is 46.5 Å². The van der Waals surface area contributed by atoms with Gasteiger partial charge in [-0.3, -0.25) is 4.57 Å². The van der Waals surface area contributed by atoms with Crippen LogP contribution in [0.3, 0.4) is 0 Å². The van der Waals surface area contributed by atoms with Crippen LogP contribution in [0.15, 0.2) is 140 Å². The number of H-pyrrole nitrogens is 1. The first-order valence-corrected chi connectivity index (χ1v) is 19.9. The van der Waals surface area contributed by atoms with Gasteiger partial charge in [-0.05, 0) is 50.5 Å². The fourth-order valence-electron chi connectivity index (χ4n) is 8.83. The molecule has 11 rings (SSSR count). The minimum atomic E-state index is -2.09. The third-order valence-corrected chi connectivity index (χ3v) is 14.4. The molecule has 0 fully saturated rings. The van der Waals surface area contributed by atoms with Gasteiger partial charge >= 0.3 is 0 Å². The van der Waals surface area contributed by atoms with E-state index in [-0.39, 0.29) is 0 Å². The van der Waals surface area contributed by atoms with Crippen LogP contribution in [-0.2, 0) is 0 Å². The number of para-hydroxylation sites is 2. The molecule has 0 bridgehead atoms. The van der Waals surface area contributed by atoms with Crippen molar-refractivity contribution in [2.45, 2.75) is 13.1 Å². The van der Waals surface area contributed by atoms with Crippen molar-refractivity contribution in [2.75, 3.05) is 0 Å². The molecule has 1 N–H and O–H groups in total. The van der Waals surface area contributed by atoms with Crippen LogP contribution in [0.2, 0.25) is 13.1 Å². The Morgan fingerprint density at radius 3 is 2.06 bits per heavy atom. The molecule has 0 saturated heterocycles. The van der Waals surface area contributed by atoms with E-state index in [9.17, 15) is 0 Å². The average Bonchev–Trinajstić information content (AvgIpc) is 3.78. The van der Waals surface area contributed by atoms with Gasteiger partial charge in [-0.2, -0.15) is 0 Å². The van der Waals surface area contributed by atoms with Gasteiger partial charge in [0.25, 0.3) is 0 Å². The summed E-state index contributed by atoms with van der Waals surface area (Å²) in [7, 11) is -2.09. The van der Waals surface area contributed by atoms with Crippen LogP contribution >= 0.6 is 0 Å². The maximum absolute atomic E-state index is 5.67. The van der Waals surface area contributed by atoms with Crippen molar-refractivity contribution in [2.24, 2.45) is 0 Å². The molecule has 7 aromatic carbocycles. The molecule has 0 amide bonds. The maximum atomic E-state index is 5.67. The third-order valence-electron chi connectivity index (χ3n) is 10.9. The number of fused-ring (bicyclic) bond motifs is 15. The molecule has 0 saturated carbocycles. The zero-order chi connectivity index (χ0) is 32.4. The molecule has 5 heteroatoms. The first kappa shape index (κ1) is 27.0. The van der Waals surface area contributed by atoms with Crippen LogP contribution in [0.25, 0.3) is 93.6 Å². The van der Waals surface area contributed by atoms with Gasteiger partial charge < -0.3 is 4.98 Å². The zero-order valence-corrected chi connectivity index (χ0v) is 28.1. The van der Waals surface area contributed by atoms with E-state index in [1.807, 2.05) is 0 Å². The van der Waals surface area contributed by atoms with Crippen LogP contribution in [-0.4, -0.2) is 27.6 Å². The van der Waals surface area contributed by atoms with Crippen molar-refractivity contribution in [3.63, 3.8) is 0 Å². The lowest BCUT2D eigenvalue weighted by atomic mass is 9.99. The Morgan fingerprint density at radius 1 is 0.551 bits per heavy atom. The molecule has 0 radical (unpaired) electrons. The molecule has 1 aliphatic rings. The van der Waals surface area contributed by atoms with E-state index in [0.29, 0.717) is 5.95 Å². The highest BCUT2D eigenvalue weighted by Crippen LogP contribution is 2.44. The van der Waals surface area contributed by atoms with Crippen molar-refractivity contribution >= 4 is 83.7 Å². The van der Waals surface area contributed by atoms with Crippen LogP contribution < -0.4 is 10.4 Å². The van der Waals surface area contributed by atoms with Crippen LogP contribution in [0.5, 0.6) is 0 Å². The normalized spacial score (nSPS) is 13.7. The number of nitrogens with zero attached hydrogens (tertiary/aromatic N) is 3. The zero-order valence-electron chi connectivity index (χ0n) is 27.1. The monoisotopic (exact) mass is 642 g/mol. The summed E-state index contributed by atoms with van der Waals surface area (Å²) in [4.78, 5) is 15.1. The molecular formula is C44H30N4Si. The molecule has 10 aromatic rings. The number of aromatic amines is 1. The third kappa shape index (κ3) is 3.47. The van der Waals surface area contributed by atoms with E-state index in [4.69, 9.17) is 9.97 Å². The van der Waals surface area contributed by atoms with Gasteiger partial charge in [-0.15, -0.1) is 0 Å². The molecule has 49 heavy (non-hydrogen) atoms. The van der Waals surface area contributed by atoms with Crippen molar-refractivity contribution in [3.05, 3.63) is 140 Å². The molecule has 0 unspecified atom stereocenters. The van der Waals surface area contributed by atoms with E-state index in [1.165, 1.54) is 53.8 Å². The number of hydrogen-bond donors (Lipinski definition) is 1. The highest BCUT2D eigenvalue weighted by atomic mass is 28.3. The Kier molecular flexibility index (Phi) is 5.24. The standard InChI is InChI=1S/C44H30N4Si/c1-49(2)36-23-13-10-16-27(36)30-24-25-33-39(26-14-4-3-5-15-26)46-44(47-40(33)43(30)49)48-35-22-12-9-20-32(35)38-29-18-7-6-17-28(29)37-31-19-8-11-21-34(31)45-41(37)42(38)48/h3-25,45H,1-2H3. The number of rotatable bonds is 2. The minimum Gasteiger partial charge on any atom is -0.353 e. The fraction of sp³-hybridized carbons (Fsp3) is 0.0455. The Bertz CT molecular complexity index is 3020. The van der Waals surface area contributed by atoms with E-state index < -0.39 is 8.07 Å². The van der Waals surface area contributed by atoms with E-state index in [0.717, 1.165) is 44.2 Å². The summed E-state index contributed by atoms with van der Waals surface area (Å²) in [5, 5.41) is 11.3. The van der Waals surface area contributed by atoms with Crippen molar-refractivity contribution in [3.8, 4) is 28.3 Å². The van der Waals surface area contributed by atoms with E-state index in [2.05, 4.69) is 162 Å². The van der Waals surface area contributed by atoms with Gasteiger partial charge in [-0.1, -0.05) is 134 Å². The summed E-state index contributed by atoms with van der Waals surface area (Å²) >= 11 is 0. The summed E-state index contributed by atoms with van der Waals surface area (Å²) in [6.45, 7) is 4.95. The lowest BCUT2D eigenvalue weighted by Crippen LogP contribution is -2.49. The molecular weight excluding hydrogens is 613 g/mol. The average molecular weight is 643 g/mol. The first-order valence-electron chi connectivity index (χ1n) is 16.9. The Morgan fingerprint density at radius 2 is 1.22 bits per heavy atom. The molecule has 0 atom stereocenters. The first-order chi connectivity index (χ1) is 24.1. The second kappa shape index (κ2) is 9.53. The lowest BCUT2D eigenvalue weighted by molar-refractivity contribution is 1.02. The van der Waals surface area contributed by atoms with Gasteiger partial charge in [0.05, 0.1) is 27.8 Å². The van der Waals surface area contributed by atoms with Gasteiger partial charge in [-0.25, -0.2) is 9.97 Å². The highest BCUT2D eigenvalue weighted by molar-refractivity contribution is 7.05. The smallest absolute Gasteiger partial charge is 0.235 e. The number of nitrogens with one attached hydrogen (secondary N) is 1. The maximum Gasteiger partial charge on any atom is 0.235 e. The largest absolute Gasteiger partial charge is 0.353 e. The number of aromatic nitrogens is 4. The van der Waals surface area contributed by atoms with Crippen molar-refractivity contribution in [1.82, 2.24) is 19.5 Å². The molecule has 3 aromatic heterocycles. The fourth-order valence-corrected chi connectivity index (χ4v) is 12.2. The predicted octanol–water partition coefficient (Wildman–Crippen LogP) is 9.98. The molecule has 0 aliphatic carbocycles. The lowest BCUT2D eigenvalue weighted by Gasteiger charge is -2.21. The van der Waals surface area contributed by atoms with E-state index in [1.54, 1.807) is 0 Å². The highest BCUT2D eigenvalue weighted by Gasteiger charge is 2.40. The summed E-state index contributed by atoms with van der Waals surface area (Å²) < 4.78 is 2.33. The van der Waals surface area contributed by atoms with Gasteiger partial charge in [0.15, 0.2) is 0 Å². The summed E-state index contributed by atoms with van der Waals surface area (Å²) in [6.07, 6.45) is 0. The quantitative estimate of drug-likeness (QED) is 0.191. The van der Waals surface area contributed by atoms with Crippen molar-refractivity contribution < 1.29 is 0 Å².